The van der Waals surface area contributed by atoms with Crippen LogP contribution in [-0.2, 0) is 20.6 Å². The van der Waals surface area contributed by atoms with Gasteiger partial charge < -0.3 is 14.4 Å². The molecule has 0 saturated carbocycles. The molecule has 0 bridgehead atoms. The van der Waals surface area contributed by atoms with Gasteiger partial charge in [0.1, 0.15) is 6.61 Å². The standard InChI is InChI=1S/C4H6F2O5S/c5-4(6,12(9)10)3(8)11-2-1-7/h7H,1-2H2,(H,9,10)/p-1. The topological polar surface area (TPSA) is 86.7 Å². The Morgan fingerprint density at radius 2 is 2.17 bits per heavy atom. The number of carbonyl (C=O) groups is 1. The number of rotatable bonds is 4. The molecule has 0 aromatic rings. The average Bonchev–Trinajstić information content (AvgIpc) is 1.99. The molecule has 1 atom stereocenters. The third kappa shape index (κ3) is 2.80. The summed E-state index contributed by atoms with van der Waals surface area (Å²) in [6.45, 7) is -1.31. The number of esters is 1. The van der Waals surface area contributed by atoms with Crippen molar-refractivity contribution >= 4 is 17.0 Å². The first kappa shape index (κ1) is 11.4. The zero-order valence-corrected chi connectivity index (χ0v) is 6.48. The van der Waals surface area contributed by atoms with Crippen LogP contribution < -0.4 is 0 Å². The highest BCUT2D eigenvalue weighted by Crippen LogP contribution is 2.18. The summed E-state index contributed by atoms with van der Waals surface area (Å²) in [5.74, 6) is -2.19. The number of halogens is 2. The van der Waals surface area contributed by atoms with Crippen LogP contribution in [0.2, 0.25) is 0 Å². The summed E-state index contributed by atoms with van der Waals surface area (Å²) in [5, 5.41) is 3.50. The maximum atomic E-state index is 12.1. The highest BCUT2D eigenvalue weighted by atomic mass is 32.2. The Morgan fingerprint density at radius 3 is 2.50 bits per heavy atom. The van der Waals surface area contributed by atoms with Gasteiger partial charge in [0.15, 0.2) is 0 Å². The fourth-order valence-electron chi connectivity index (χ4n) is 0.290. The molecular formula is C4H5F2O5S-. The van der Waals surface area contributed by atoms with Crippen molar-refractivity contribution < 1.29 is 32.2 Å². The predicted octanol–water partition coefficient (Wildman–Crippen LogP) is -1.01. The fraction of sp³-hybridized carbons (Fsp3) is 0.750. The first-order valence-corrected chi connectivity index (χ1v) is 3.75. The number of alkyl halides is 2. The number of ether oxygens (including phenoxy) is 1. The summed E-state index contributed by atoms with van der Waals surface area (Å²) in [6, 6.07) is 0. The number of carbonyl (C=O) groups excluding carboxylic acids is 1. The van der Waals surface area contributed by atoms with E-state index in [1.807, 2.05) is 0 Å². The monoisotopic (exact) mass is 203 g/mol. The maximum absolute atomic E-state index is 12.1. The minimum Gasteiger partial charge on any atom is -0.767 e. The number of hydrogen-bond donors (Lipinski definition) is 1. The van der Waals surface area contributed by atoms with E-state index in [-0.39, 0.29) is 0 Å². The molecule has 72 valence electrons. The van der Waals surface area contributed by atoms with Gasteiger partial charge in [0.25, 0.3) is 0 Å². The second-order valence-corrected chi connectivity index (χ2v) is 2.59. The summed E-state index contributed by atoms with van der Waals surface area (Å²) in [5.41, 5.74) is 0. The first-order chi connectivity index (χ1) is 5.42. The van der Waals surface area contributed by atoms with Crippen LogP contribution in [0, 0.1) is 0 Å². The van der Waals surface area contributed by atoms with E-state index >= 15 is 0 Å². The van der Waals surface area contributed by atoms with Crippen LogP contribution in [0.15, 0.2) is 0 Å². The van der Waals surface area contributed by atoms with Gasteiger partial charge in [-0.05, 0) is 0 Å². The molecule has 0 aromatic heterocycles. The molecular weight excluding hydrogens is 198 g/mol. The second kappa shape index (κ2) is 4.43. The molecule has 0 heterocycles. The summed E-state index contributed by atoms with van der Waals surface area (Å²) < 4.78 is 47.3. The van der Waals surface area contributed by atoms with Gasteiger partial charge in [0.05, 0.1) is 6.61 Å². The quantitative estimate of drug-likeness (QED) is 0.467. The molecule has 1 unspecified atom stereocenters. The van der Waals surface area contributed by atoms with Crippen molar-refractivity contribution in [3.8, 4) is 0 Å². The zero-order valence-electron chi connectivity index (χ0n) is 5.66. The summed E-state index contributed by atoms with van der Waals surface area (Å²) >= 11 is -3.85. The van der Waals surface area contributed by atoms with E-state index in [4.69, 9.17) is 5.11 Å². The lowest BCUT2D eigenvalue weighted by molar-refractivity contribution is -0.161. The van der Waals surface area contributed by atoms with Gasteiger partial charge in [-0.1, -0.05) is 0 Å². The van der Waals surface area contributed by atoms with Crippen molar-refractivity contribution in [2.24, 2.45) is 0 Å². The van der Waals surface area contributed by atoms with Gasteiger partial charge in [-0.2, -0.15) is 8.78 Å². The Hall–Kier alpha value is -0.600. The van der Waals surface area contributed by atoms with Crippen LogP contribution >= 0.6 is 0 Å². The van der Waals surface area contributed by atoms with Crippen LogP contribution in [0.4, 0.5) is 8.78 Å². The van der Waals surface area contributed by atoms with E-state index in [1.54, 1.807) is 0 Å². The Kier molecular flexibility index (Phi) is 4.21. The van der Waals surface area contributed by atoms with E-state index in [1.165, 1.54) is 0 Å². The molecule has 0 aliphatic carbocycles. The van der Waals surface area contributed by atoms with Crippen molar-refractivity contribution in [2.75, 3.05) is 13.2 Å². The summed E-state index contributed by atoms with van der Waals surface area (Å²) in [6.07, 6.45) is 0. The van der Waals surface area contributed by atoms with Gasteiger partial charge in [-0.15, -0.1) is 0 Å². The lowest BCUT2D eigenvalue weighted by Gasteiger charge is -2.16. The maximum Gasteiger partial charge on any atom is 0.403 e. The molecule has 0 aliphatic rings. The van der Waals surface area contributed by atoms with E-state index in [9.17, 15) is 22.3 Å². The first-order valence-electron chi connectivity index (χ1n) is 2.68. The van der Waals surface area contributed by atoms with Crippen molar-refractivity contribution in [1.82, 2.24) is 0 Å². The van der Waals surface area contributed by atoms with Gasteiger partial charge in [-0.25, -0.2) is 4.79 Å². The van der Waals surface area contributed by atoms with Crippen LogP contribution in [0.1, 0.15) is 0 Å². The van der Waals surface area contributed by atoms with Crippen molar-refractivity contribution in [3.63, 3.8) is 0 Å². The molecule has 0 aliphatic heterocycles. The number of aliphatic hydroxyl groups excluding tert-OH is 1. The Morgan fingerprint density at radius 1 is 1.67 bits per heavy atom. The van der Waals surface area contributed by atoms with Crippen LogP contribution in [0.25, 0.3) is 0 Å². The van der Waals surface area contributed by atoms with Gasteiger partial charge >= 0.3 is 11.2 Å². The minimum atomic E-state index is -4.55. The molecule has 12 heavy (non-hydrogen) atoms. The van der Waals surface area contributed by atoms with Crippen LogP contribution in [0.3, 0.4) is 0 Å². The van der Waals surface area contributed by atoms with E-state index in [0.717, 1.165) is 0 Å². The number of hydrogen-bond acceptors (Lipinski definition) is 5. The third-order valence-corrected chi connectivity index (χ3v) is 1.36. The van der Waals surface area contributed by atoms with Gasteiger partial charge in [-0.3, -0.25) is 4.21 Å². The number of aliphatic hydroxyl groups is 1. The van der Waals surface area contributed by atoms with Crippen LogP contribution in [-0.4, -0.2) is 38.3 Å². The van der Waals surface area contributed by atoms with Crippen molar-refractivity contribution in [1.29, 1.82) is 0 Å². The fourth-order valence-corrected chi connectivity index (χ4v) is 0.485. The molecule has 5 nitrogen and oxygen atoms in total. The van der Waals surface area contributed by atoms with E-state index < -0.39 is 35.5 Å². The lowest BCUT2D eigenvalue weighted by Crippen LogP contribution is -2.35. The minimum absolute atomic E-state index is 0.646. The van der Waals surface area contributed by atoms with Gasteiger partial charge in [0.2, 0.25) is 0 Å². The lowest BCUT2D eigenvalue weighted by atomic mass is 10.7. The molecule has 0 aromatic carbocycles. The van der Waals surface area contributed by atoms with Crippen molar-refractivity contribution in [3.05, 3.63) is 0 Å². The van der Waals surface area contributed by atoms with Crippen LogP contribution in [0.5, 0.6) is 0 Å². The predicted molar refractivity (Wildman–Crippen MR) is 31.9 cm³/mol. The normalized spacial score (nSPS) is 14.0. The smallest absolute Gasteiger partial charge is 0.403 e. The third-order valence-electron chi connectivity index (χ3n) is 0.771. The average molecular weight is 203 g/mol. The zero-order chi connectivity index (χ0) is 9.78. The highest BCUT2D eigenvalue weighted by Gasteiger charge is 2.42. The molecule has 0 rings (SSSR count). The van der Waals surface area contributed by atoms with Gasteiger partial charge in [0, 0.05) is 11.1 Å². The highest BCUT2D eigenvalue weighted by molar-refractivity contribution is 7.81. The Labute approximate surface area is 68.6 Å². The largest absolute Gasteiger partial charge is 0.767 e. The molecule has 0 fully saturated rings. The molecule has 0 spiro atoms. The Balaban J connectivity index is 4.16. The molecule has 0 saturated heterocycles. The molecule has 8 heteroatoms. The molecule has 0 amide bonds. The van der Waals surface area contributed by atoms with E-state index in [0.29, 0.717) is 0 Å². The van der Waals surface area contributed by atoms with Crippen molar-refractivity contribution in [2.45, 2.75) is 5.25 Å². The molecule has 0 radical (unpaired) electrons. The Bertz CT molecular complexity index is 194. The summed E-state index contributed by atoms with van der Waals surface area (Å²) in [4.78, 5) is 10.2. The second-order valence-electron chi connectivity index (χ2n) is 1.61. The van der Waals surface area contributed by atoms with E-state index in [2.05, 4.69) is 4.74 Å². The molecule has 1 N–H and O–H groups in total. The SMILES string of the molecule is O=C(OCCO)C(F)(F)S(=O)[O-]. The summed E-state index contributed by atoms with van der Waals surface area (Å²) in [7, 11) is 0.